The Morgan fingerprint density at radius 2 is 1.75 bits per heavy atom. The maximum atomic E-state index is 13.3. The van der Waals surface area contributed by atoms with Crippen molar-refractivity contribution in [2.24, 2.45) is 0 Å². The van der Waals surface area contributed by atoms with Gasteiger partial charge in [0.1, 0.15) is 11.8 Å². The van der Waals surface area contributed by atoms with E-state index in [1.807, 2.05) is 86.9 Å². The molecular weight excluding hydrogens is 404 g/mol. The summed E-state index contributed by atoms with van der Waals surface area (Å²) in [5.74, 6) is 0.584. The minimum Gasteiger partial charge on any atom is -0.494 e. The fraction of sp³-hybridized carbons (Fsp3) is 0.240. The molecule has 0 radical (unpaired) electrons. The van der Waals surface area contributed by atoms with E-state index in [2.05, 4.69) is 10.4 Å². The molecule has 4 aromatic rings. The summed E-state index contributed by atoms with van der Waals surface area (Å²) in [4.78, 5) is 26.3. The first-order valence-corrected chi connectivity index (χ1v) is 10.6. The van der Waals surface area contributed by atoms with Gasteiger partial charge in [-0.1, -0.05) is 18.2 Å². The van der Waals surface area contributed by atoms with Crippen LogP contribution in [0.1, 0.15) is 31.3 Å². The lowest BCUT2D eigenvalue weighted by atomic mass is 10.2. The molecule has 1 atom stereocenters. The average molecular weight is 431 g/mol. The van der Waals surface area contributed by atoms with Gasteiger partial charge < -0.3 is 14.6 Å². The Kier molecular flexibility index (Phi) is 5.81. The number of carbonyl (C=O) groups excluding carboxylic acids is 1. The second kappa shape index (κ2) is 8.70. The van der Waals surface area contributed by atoms with Gasteiger partial charge in [-0.2, -0.15) is 9.78 Å². The Morgan fingerprint density at radius 1 is 1.06 bits per heavy atom. The molecular formula is C25H26N4O3. The predicted molar refractivity (Wildman–Crippen MR) is 126 cm³/mol. The summed E-state index contributed by atoms with van der Waals surface area (Å²) in [6, 6.07) is 16.0. The topological polar surface area (TPSA) is 78.2 Å². The van der Waals surface area contributed by atoms with Gasteiger partial charge in [0, 0.05) is 22.5 Å². The summed E-state index contributed by atoms with van der Waals surface area (Å²) in [6.07, 6.45) is 1.69. The van der Waals surface area contributed by atoms with Crippen LogP contribution in [0.5, 0.6) is 5.75 Å². The number of nitrogens with one attached hydrogen (secondary N) is 1. The summed E-state index contributed by atoms with van der Waals surface area (Å²) >= 11 is 0. The molecule has 7 nitrogen and oxygen atoms in total. The Labute approximate surface area is 186 Å². The number of carbonyl (C=O) groups is 1. The van der Waals surface area contributed by atoms with Gasteiger partial charge in [-0.3, -0.25) is 9.59 Å². The molecule has 2 aromatic carbocycles. The molecule has 0 saturated carbocycles. The van der Waals surface area contributed by atoms with E-state index in [-0.39, 0.29) is 11.5 Å². The van der Waals surface area contributed by atoms with E-state index >= 15 is 0 Å². The van der Waals surface area contributed by atoms with Crippen LogP contribution in [0.3, 0.4) is 0 Å². The Hall–Kier alpha value is -3.87. The molecule has 0 fully saturated rings. The van der Waals surface area contributed by atoms with Crippen LogP contribution in [0.15, 0.2) is 65.6 Å². The first-order valence-electron chi connectivity index (χ1n) is 10.6. The number of hydrogen-bond donors (Lipinski definition) is 1. The number of para-hydroxylation sites is 1. The maximum absolute atomic E-state index is 13.3. The van der Waals surface area contributed by atoms with Crippen molar-refractivity contribution < 1.29 is 9.53 Å². The standard InChI is InChI=1S/C25H26N4O3/c1-5-32-21-13-11-19(12-14-21)27-24(30)18(4)28-16(2)22-15-26-29(20-9-7-6-8-10-20)25(31)23(22)17(28)3/h6-15,18H,5H2,1-4H3,(H,27,30)/t18-/m1/s1. The number of fused-ring (bicyclic) bond motifs is 1. The molecule has 0 spiro atoms. The van der Waals surface area contributed by atoms with E-state index in [1.165, 1.54) is 4.68 Å². The SMILES string of the molecule is CCOc1ccc(NC(=O)[C@@H](C)n2c(C)c3cnn(-c4ccccc4)c(=O)c3c2C)cc1. The molecule has 0 aliphatic heterocycles. The molecule has 0 aliphatic carbocycles. The van der Waals surface area contributed by atoms with E-state index in [1.54, 1.807) is 6.20 Å². The third kappa shape index (κ3) is 3.77. The molecule has 1 amide bonds. The normalized spacial score (nSPS) is 12.0. The van der Waals surface area contributed by atoms with Crippen molar-refractivity contribution in [3.63, 3.8) is 0 Å². The second-order valence-electron chi connectivity index (χ2n) is 7.65. The van der Waals surface area contributed by atoms with Crippen molar-refractivity contribution >= 4 is 22.4 Å². The van der Waals surface area contributed by atoms with Crippen molar-refractivity contribution in [2.75, 3.05) is 11.9 Å². The number of ether oxygens (including phenoxy) is 1. The lowest BCUT2D eigenvalue weighted by Crippen LogP contribution is -2.25. The van der Waals surface area contributed by atoms with Gasteiger partial charge in [-0.25, -0.2) is 0 Å². The minimum absolute atomic E-state index is 0.169. The molecule has 0 unspecified atom stereocenters. The zero-order valence-electron chi connectivity index (χ0n) is 18.6. The van der Waals surface area contributed by atoms with Crippen molar-refractivity contribution in [2.45, 2.75) is 33.7 Å². The van der Waals surface area contributed by atoms with E-state index in [4.69, 9.17) is 4.74 Å². The zero-order chi connectivity index (χ0) is 22.8. The van der Waals surface area contributed by atoms with Crippen molar-refractivity contribution in [1.29, 1.82) is 0 Å². The maximum Gasteiger partial charge on any atom is 0.281 e. The summed E-state index contributed by atoms with van der Waals surface area (Å²) in [5.41, 5.74) is 2.75. The monoisotopic (exact) mass is 430 g/mol. The van der Waals surface area contributed by atoms with Crippen LogP contribution in [0.25, 0.3) is 16.5 Å². The lowest BCUT2D eigenvalue weighted by Gasteiger charge is -2.18. The van der Waals surface area contributed by atoms with Crippen molar-refractivity contribution in [3.8, 4) is 11.4 Å². The summed E-state index contributed by atoms with van der Waals surface area (Å²) in [7, 11) is 0. The van der Waals surface area contributed by atoms with Crippen LogP contribution in [0, 0.1) is 13.8 Å². The number of nitrogens with zero attached hydrogens (tertiary/aromatic N) is 3. The van der Waals surface area contributed by atoms with Crippen molar-refractivity contribution in [3.05, 3.63) is 82.5 Å². The van der Waals surface area contributed by atoms with Gasteiger partial charge in [0.2, 0.25) is 5.91 Å². The third-order valence-corrected chi connectivity index (χ3v) is 5.65. The smallest absolute Gasteiger partial charge is 0.281 e. The van der Waals surface area contributed by atoms with Crippen LogP contribution in [-0.4, -0.2) is 26.9 Å². The highest BCUT2D eigenvalue weighted by atomic mass is 16.5. The number of aromatic nitrogens is 3. The van der Waals surface area contributed by atoms with Crippen molar-refractivity contribution in [1.82, 2.24) is 14.3 Å². The number of amides is 1. The largest absolute Gasteiger partial charge is 0.494 e. The van der Waals surface area contributed by atoms with Crippen LogP contribution < -0.4 is 15.6 Å². The molecule has 0 bridgehead atoms. The first-order chi connectivity index (χ1) is 15.4. The predicted octanol–water partition coefficient (Wildman–Crippen LogP) is 4.40. The molecule has 0 saturated heterocycles. The number of aryl methyl sites for hydroxylation is 2. The highest BCUT2D eigenvalue weighted by molar-refractivity contribution is 5.95. The molecule has 2 aromatic heterocycles. The summed E-state index contributed by atoms with van der Waals surface area (Å²) < 4.78 is 8.73. The Balaban J connectivity index is 1.68. The number of rotatable bonds is 6. The number of benzene rings is 2. The second-order valence-corrected chi connectivity index (χ2v) is 7.65. The van der Waals surface area contributed by atoms with E-state index in [0.29, 0.717) is 23.4 Å². The van der Waals surface area contributed by atoms with Gasteiger partial charge in [0.05, 0.1) is 23.9 Å². The lowest BCUT2D eigenvalue weighted by molar-refractivity contribution is -0.118. The molecule has 32 heavy (non-hydrogen) atoms. The van der Waals surface area contributed by atoms with Crippen LogP contribution in [-0.2, 0) is 4.79 Å². The highest BCUT2D eigenvalue weighted by Crippen LogP contribution is 2.27. The molecule has 2 heterocycles. The van der Waals surface area contributed by atoms with Gasteiger partial charge in [0.15, 0.2) is 0 Å². The summed E-state index contributed by atoms with van der Waals surface area (Å²) in [6.45, 7) is 8.11. The third-order valence-electron chi connectivity index (χ3n) is 5.65. The minimum atomic E-state index is -0.515. The van der Waals surface area contributed by atoms with Crippen LogP contribution in [0.4, 0.5) is 5.69 Å². The molecule has 1 N–H and O–H groups in total. The molecule has 0 aliphatic rings. The van der Waals surface area contributed by atoms with Crippen LogP contribution in [0.2, 0.25) is 0 Å². The number of hydrogen-bond acceptors (Lipinski definition) is 4. The summed E-state index contributed by atoms with van der Waals surface area (Å²) in [5, 5.41) is 8.63. The van der Waals surface area contributed by atoms with Gasteiger partial charge >= 0.3 is 0 Å². The first kappa shape index (κ1) is 21.4. The average Bonchev–Trinajstić information content (AvgIpc) is 3.06. The van der Waals surface area contributed by atoms with E-state index < -0.39 is 6.04 Å². The molecule has 4 rings (SSSR count). The van der Waals surface area contributed by atoms with Crippen LogP contribution >= 0.6 is 0 Å². The highest BCUT2D eigenvalue weighted by Gasteiger charge is 2.23. The Bertz CT molecular complexity index is 1320. The van der Waals surface area contributed by atoms with Gasteiger partial charge in [-0.05, 0) is 64.1 Å². The quantitative estimate of drug-likeness (QED) is 0.492. The molecule has 164 valence electrons. The fourth-order valence-electron chi connectivity index (χ4n) is 4.08. The van der Waals surface area contributed by atoms with Gasteiger partial charge in [0.25, 0.3) is 5.56 Å². The van der Waals surface area contributed by atoms with E-state index in [0.717, 1.165) is 22.5 Å². The fourth-order valence-corrected chi connectivity index (χ4v) is 4.08. The van der Waals surface area contributed by atoms with Gasteiger partial charge in [-0.15, -0.1) is 0 Å². The molecule has 7 heteroatoms. The van der Waals surface area contributed by atoms with E-state index in [9.17, 15) is 9.59 Å². The number of anilines is 1. The Morgan fingerprint density at radius 3 is 2.41 bits per heavy atom. The zero-order valence-corrected chi connectivity index (χ0v) is 18.6.